The van der Waals surface area contributed by atoms with E-state index in [4.69, 9.17) is 0 Å². The van der Waals surface area contributed by atoms with E-state index in [1.54, 1.807) is 60.7 Å². The van der Waals surface area contributed by atoms with Gasteiger partial charge in [-0.25, -0.2) is 25.3 Å². The molecule has 0 spiro atoms. The first-order valence-electron chi connectivity index (χ1n) is 12.0. The van der Waals surface area contributed by atoms with Crippen LogP contribution in [-0.4, -0.2) is 42.7 Å². The molecular weight excluding hydrogens is 571 g/mol. The lowest BCUT2D eigenvalue weighted by Crippen LogP contribution is -2.38. The summed E-state index contributed by atoms with van der Waals surface area (Å²) in [6.45, 7) is 0. The number of nitrogens with zero attached hydrogens (tertiary/aromatic N) is 4. The predicted octanol–water partition coefficient (Wildman–Crippen LogP) is 4.22. The number of sulfonamides is 2. The van der Waals surface area contributed by atoms with Gasteiger partial charge in [0.15, 0.2) is 0 Å². The van der Waals surface area contributed by atoms with E-state index in [-0.39, 0.29) is 21.2 Å². The van der Waals surface area contributed by atoms with Gasteiger partial charge >= 0.3 is 7.55 Å². The molecule has 1 saturated heterocycles. The lowest BCUT2D eigenvalue weighted by Gasteiger charge is -2.30. The Morgan fingerprint density at radius 2 is 0.854 bits per heavy atom. The first kappa shape index (κ1) is 28.1. The summed E-state index contributed by atoms with van der Waals surface area (Å²) in [5.74, 6) is 0. The highest BCUT2D eigenvalue weighted by molar-refractivity contribution is 7.92. The van der Waals surface area contributed by atoms with Gasteiger partial charge in [-0.1, -0.05) is 60.7 Å². The van der Waals surface area contributed by atoms with Crippen LogP contribution in [0.1, 0.15) is 23.2 Å². The molecule has 1 aliphatic heterocycles. The Balaban J connectivity index is 1.69. The third kappa shape index (κ3) is 5.23. The Kier molecular flexibility index (Phi) is 7.44. The molecule has 4 aromatic rings. The third-order valence-corrected chi connectivity index (χ3v) is 10.1. The summed E-state index contributed by atoms with van der Waals surface area (Å²) in [4.78, 5) is 20.4. The van der Waals surface area contributed by atoms with E-state index in [1.807, 2.05) is 0 Å². The predicted molar refractivity (Wildman–Crippen MR) is 148 cm³/mol. The number of hydrogen-bond donors (Lipinski definition) is 0. The van der Waals surface area contributed by atoms with Crippen molar-refractivity contribution in [3.8, 4) is 0 Å². The molecule has 2 atom stereocenters. The molecule has 4 aromatic carbocycles. The van der Waals surface area contributed by atoms with Crippen LogP contribution in [0.5, 0.6) is 0 Å². The molecule has 12 nitrogen and oxygen atoms in total. The summed E-state index contributed by atoms with van der Waals surface area (Å²) >= 11 is 0. The van der Waals surface area contributed by atoms with Crippen LogP contribution in [0, 0.1) is 20.2 Å². The van der Waals surface area contributed by atoms with Gasteiger partial charge in [0.2, 0.25) is 20.0 Å². The zero-order valence-corrected chi connectivity index (χ0v) is 22.6. The van der Waals surface area contributed by atoms with Gasteiger partial charge in [-0.2, -0.15) is 0 Å². The van der Waals surface area contributed by atoms with Gasteiger partial charge in [0.1, 0.15) is 0 Å². The summed E-state index contributed by atoms with van der Waals surface area (Å²) < 4.78 is 58.0. The van der Waals surface area contributed by atoms with Crippen molar-refractivity contribution in [3.05, 3.63) is 141 Å². The number of nitro groups is 2. The minimum absolute atomic E-state index is 0.276. The van der Waals surface area contributed by atoms with Crippen molar-refractivity contribution in [1.82, 2.24) is 8.43 Å². The fourth-order valence-electron chi connectivity index (χ4n) is 4.64. The molecule has 15 heteroatoms. The zero-order valence-electron chi connectivity index (χ0n) is 21.0. The Hall–Kier alpha value is -4.44. The summed E-state index contributed by atoms with van der Waals surface area (Å²) in [6, 6.07) is 23.4. The minimum atomic E-state index is -4.45. The lowest BCUT2D eigenvalue weighted by atomic mass is 9.95. The van der Waals surface area contributed by atoms with Gasteiger partial charge in [0, 0.05) is 24.3 Å². The molecule has 207 valence electrons. The molecule has 41 heavy (non-hydrogen) atoms. The normalized spacial score (nSPS) is 18.0. The number of rotatable bonds is 8. The highest BCUT2D eigenvalue weighted by Gasteiger charge is 2.53. The zero-order chi connectivity index (χ0) is 29.4. The molecular formula is C26H20BN4O8S2. The maximum atomic E-state index is 14.0. The van der Waals surface area contributed by atoms with Gasteiger partial charge in [0.25, 0.3) is 11.4 Å². The van der Waals surface area contributed by atoms with E-state index in [2.05, 4.69) is 0 Å². The smallest absolute Gasteiger partial charge is 0.258 e. The second-order valence-corrected chi connectivity index (χ2v) is 12.7. The molecule has 1 aliphatic rings. The van der Waals surface area contributed by atoms with Gasteiger partial charge in [-0.05, 0) is 35.4 Å². The topological polar surface area (TPSA) is 161 Å². The maximum absolute atomic E-state index is 14.0. The first-order valence-corrected chi connectivity index (χ1v) is 14.9. The SMILES string of the molecule is O=[N+]([O-])c1ccc(S(=O)(=O)N2[B]N(S(=O)(=O)c3ccc([N+](=O)[O-])cc3)[C@@H](c3ccccc3)[C@@H]2c2ccccc2)cc1. The van der Waals surface area contributed by atoms with Crippen molar-refractivity contribution in [1.29, 1.82) is 0 Å². The number of nitro benzene ring substituents is 2. The monoisotopic (exact) mass is 591 g/mol. The van der Waals surface area contributed by atoms with Gasteiger partial charge in [0.05, 0.1) is 31.7 Å². The van der Waals surface area contributed by atoms with Crippen molar-refractivity contribution < 1.29 is 26.7 Å². The van der Waals surface area contributed by atoms with Crippen LogP contribution in [0.3, 0.4) is 0 Å². The Morgan fingerprint density at radius 1 is 0.537 bits per heavy atom. The highest BCUT2D eigenvalue weighted by Crippen LogP contribution is 2.47. The van der Waals surface area contributed by atoms with E-state index >= 15 is 0 Å². The van der Waals surface area contributed by atoms with Gasteiger partial charge < -0.3 is 0 Å². The van der Waals surface area contributed by atoms with E-state index in [0.717, 1.165) is 64.5 Å². The fraction of sp³-hybridized carbons (Fsp3) is 0.0769. The summed E-state index contributed by atoms with van der Waals surface area (Å²) in [6.07, 6.45) is 0. The van der Waals surface area contributed by atoms with Crippen LogP contribution < -0.4 is 0 Å². The van der Waals surface area contributed by atoms with Crippen molar-refractivity contribution in [3.63, 3.8) is 0 Å². The third-order valence-electron chi connectivity index (χ3n) is 6.60. The van der Waals surface area contributed by atoms with E-state index in [9.17, 15) is 37.1 Å². The Bertz CT molecular complexity index is 1670. The largest absolute Gasteiger partial charge is 0.347 e. The van der Waals surface area contributed by atoms with E-state index in [1.165, 1.54) is 0 Å². The van der Waals surface area contributed by atoms with Crippen LogP contribution in [0.15, 0.2) is 119 Å². The highest BCUT2D eigenvalue weighted by atomic mass is 32.2. The second kappa shape index (κ2) is 10.9. The van der Waals surface area contributed by atoms with Crippen LogP contribution in [-0.2, 0) is 20.0 Å². The Labute approximate surface area is 236 Å². The van der Waals surface area contributed by atoms with Crippen LogP contribution in [0.2, 0.25) is 0 Å². The molecule has 0 N–H and O–H groups in total. The van der Waals surface area contributed by atoms with E-state index in [0.29, 0.717) is 11.1 Å². The average molecular weight is 591 g/mol. The van der Waals surface area contributed by atoms with Crippen molar-refractivity contribution >= 4 is 39.0 Å². The molecule has 1 radical (unpaired) electrons. The van der Waals surface area contributed by atoms with Crippen LogP contribution in [0.25, 0.3) is 0 Å². The summed E-state index contributed by atoms with van der Waals surface area (Å²) in [7, 11) is -7.92. The van der Waals surface area contributed by atoms with Crippen molar-refractivity contribution in [2.45, 2.75) is 21.9 Å². The molecule has 5 rings (SSSR count). The summed E-state index contributed by atoms with van der Waals surface area (Å²) in [5.41, 5.74) is 0.367. The van der Waals surface area contributed by atoms with Gasteiger partial charge in [-0.15, -0.1) is 0 Å². The standard InChI is InChI=1S/C26H20BN4O8S2/c32-30(33)21-11-15-23(16-12-21)40(36,37)28-25(19-7-3-1-4-8-19)26(20-9-5-2-6-10-20)29(27-28)41(38,39)24-17-13-22(14-18-24)31(34)35/h1-18,25-26H/t25-,26-/m0/s1. The quantitative estimate of drug-likeness (QED) is 0.167. The lowest BCUT2D eigenvalue weighted by molar-refractivity contribution is -0.385. The Morgan fingerprint density at radius 3 is 1.15 bits per heavy atom. The molecule has 1 fully saturated rings. The van der Waals surface area contributed by atoms with Crippen LogP contribution >= 0.6 is 0 Å². The fourth-order valence-corrected chi connectivity index (χ4v) is 7.67. The van der Waals surface area contributed by atoms with E-state index < -0.39 is 42.0 Å². The second-order valence-electron chi connectivity index (χ2n) is 9.00. The van der Waals surface area contributed by atoms with Crippen molar-refractivity contribution in [2.24, 2.45) is 0 Å². The number of non-ortho nitro benzene ring substituents is 2. The first-order chi connectivity index (χ1) is 19.5. The minimum Gasteiger partial charge on any atom is -0.258 e. The molecule has 0 unspecified atom stereocenters. The van der Waals surface area contributed by atoms with Crippen molar-refractivity contribution in [2.75, 3.05) is 0 Å². The molecule has 0 aliphatic carbocycles. The molecule has 0 bridgehead atoms. The number of benzene rings is 4. The van der Waals surface area contributed by atoms with Gasteiger partial charge in [-0.3, -0.25) is 20.2 Å². The number of hydrogen-bond acceptors (Lipinski definition) is 8. The molecule has 1 heterocycles. The molecule has 0 amide bonds. The van der Waals surface area contributed by atoms with Crippen LogP contribution in [0.4, 0.5) is 11.4 Å². The molecule has 0 saturated carbocycles. The summed E-state index contributed by atoms with van der Waals surface area (Å²) in [5, 5.41) is 22.3. The maximum Gasteiger partial charge on any atom is 0.347 e. The average Bonchev–Trinajstić information content (AvgIpc) is 3.41. The molecule has 0 aromatic heterocycles.